The zero-order valence-corrected chi connectivity index (χ0v) is 9.65. The quantitative estimate of drug-likeness (QED) is 0.698. The second-order valence-corrected chi connectivity index (χ2v) is 4.68. The number of carbonyl (C=O) groups excluding carboxylic acids is 2. The highest BCUT2D eigenvalue weighted by Gasteiger charge is 2.31. The lowest BCUT2D eigenvalue weighted by molar-refractivity contribution is -0.134. The summed E-state index contributed by atoms with van der Waals surface area (Å²) < 4.78 is 0. The molecular formula is C12H19N2O2. The van der Waals surface area contributed by atoms with Crippen molar-refractivity contribution in [2.75, 3.05) is 19.6 Å². The molecular weight excluding hydrogens is 204 g/mol. The number of hydrogen-bond acceptors (Lipinski definition) is 2. The van der Waals surface area contributed by atoms with E-state index in [0.717, 1.165) is 51.6 Å². The minimum absolute atomic E-state index is 0.141. The largest absolute Gasteiger partial charge is 0.341 e. The first-order valence-corrected chi connectivity index (χ1v) is 6.26. The maximum atomic E-state index is 12.2. The fourth-order valence-corrected chi connectivity index (χ4v) is 2.62. The van der Waals surface area contributed by atoms with Crippen LogP contribution in [0.3, 0.4) is 0 Å². The van der Waals surface area contributed by atoms with Gasteiger partial charge < -0.3 is 9.80 Å². The Morgan fingerprint density at radius 1 is 1.00 bits per heavy atom. The molecule has 16 heavy (non-hydrogen) atoms. The van der Waals surface area contributed by atoms with Crippen molar-refractivity contribution >= 4 is 12.3 Å². The van der Waals surface area contributed by atoms with E-state index in [0.29, 0.717) is 6.54 Å². The van der Waals surface area contributed by atoms with E-state index < -0.39 is 0 Å². The molecule has 4 heteroatoms. The van der Waals surface area contributed by atoms with Crippen LogP contribution < -0.4 is 0 Å². The topological polar surface area (TPSA) is 40.6 Å². The molecule has 0 aromatic carbocycles. The first-order valence-electron chi connectivity index (χ1n) is 6.26. The van der Waals surface area contributed by atoms with Crippen LogP contribution in [0.15, 0.2) is 0 Å². The summed E-state index contributed by atoms with van der Waals surface area (Å²) in [6.07, 6.45) is 8.10. The molecule has 4 nitrogen and oxygen atoms in total. The van der Waals surface area contributed by atoms with Gasteiger partial charge in [-0.2, -0.15) is 0 Å². The zero-order valence-electron chi connectivity index (χ0n) is 9.65. The van der Waals surface area contributed by atoms with Gasteiger partial charge in [-0.05, 0) is 25.7 Å². The summed E-state index contributed by atoms with van der Waals surface area (Å²) in [7, 11) is 0. The van der Waals surface area contributed by atoms with Crippen molar-refractivity contribution in [3.05, 3.63) is 0 Å². The van der Waals surface area contributed by atoms with E-state index in [1.54, 1.807) is 4.90 Å². The Morgan fingerprint density at radius 3 is 2.38 bits per heavy atom. The number of carbonyl (C=O) groups is 1. The summed E-state index contributed by atoms with van der Waals surface area (Å²) >= 11 is 0. The van der Waals surface area contributed by atoms with Crippen molar-refractivity contribution in [2.45, 2.75) is 44.6 Å². The molecule has 2 aliphatic rings. The van der Waals surface area contributed by atoms with E-state index in [2.05, 4.69) is 0 Å². The average Bonchev–Trinajstić information content (AvgIpc) is 2.73. The fraction of sp³-hybridized carbons (Fsp3) is 0.833. The molecule has 2 fully saturated rings. The molecule has 0 spiro atoms. The molecule has 2 amide bonds. The second-order valence-electron chi connectivity index (χ2n) is 4.68. The Labute approximate surface area is 96.6 Å². The van der Waals surface area contributed by atoms with E-state index in [1.807, 2.05) is 11.3 Å². The molecule has 0 saturated carbocycles. The molecule has 0 aliphatic carbocycles. The average molecular weight is 223 g/mol. The van der Waals surface area contributed by atoms with Gasteiger partial charge in [-0.25, -0.2) is 0 Å². The minimum Gasteiger partial charge on any atom is -0.341 e. The van der Waals surface area contributed by atoms with Gasteiger partial charge in [-0.15, -0.1) is 0 Å². The standard InChI is InChI=1S/C12H19N2O2/c15-10-14-9-3-1-2-6-11(14)12(16)13-7-4-5-8-13/h11H,1-9H2. The van der Waals surface area contributed by atoms with E-state index in [9.17, 15) is 9.59 Å². The van der Waals surface area contributed by atoms with Gasteiger partial charge in [0.15, 0.2) is 0 Å². The van der Waals surface area contributed by atoms with Crippen LogP contribution in [0.2, 0.25) is 0 Å². The first-order chi connectivity index (χ1) is 7.83. The van der Waals surface area contributed by atoms with Gasteiger partial charge >= 0.3 is 6.41 Å². The van der Waals surface area contributed by atoms with Crippen molar-refractivity contribution in [3.63, 3.8) is 0 Å². The maximum absolute atomic E-state index is 12.2. The number of rotatable bonds is 2. The van der Waals surface area contributed by atoms with Gasteiger partial charge in [-0.1, -0.05) is 12.8 Å². The van der Waals surface area contributed by atoms with E-state index in [-0.39, 0.29) is 11.9 Å². The molecule has 0 N–H and O–H groups in total. The van der Waals surface area contributed by atoms with Gasteiger partial charge in [0.05, 0.1) is 0 Å². The molecule has 2 aliphatic heterocycles. The normalized spacial score (nSPS) is 26.6. The van der Waals surface area contributed by atoms with E-state index in [4.69, 9.17) is 0 Å². The molecule has 2 saturated heterocycles. The maximum Gasteiger partial charge on any atom is 0.312 e. The van der Waals surface area contributed by atoms with Crippen LogP contribution in [0, 0.1) is 0 Å². The van der Waals surface area contributed by atoms with Gasteiger partial charge in [0.2, 0.25) is 5.91 Å². The number of hydrogen-bond donors (Lipinski definition) is 0. The minimum atomic E-state index is -0.238. The summed E-state index contributed by atoms with van der Waals surface area (Å²) in [6.45, 7) is 2.41. The summed E-state index contributed by atoms with van der Waals surface area (Å²) in [5.74, 6) is 0.141. The SMILES string of the molecule is O=[C]N1CCCCCC1C(=O)N1CCCC1. The number of amides is 2. The third kappa shape index (κ3) is 2.36. The summed E-state index contributed by atoms with van der Waals surface area (Å²) in [5, 5.41) is 0. The molecule has 89 valence electrons. The van der Waals surface area contributed by atoms with Crippen LogP contribution in [0.4, 0.5) is 0 Å². The monoisotopic (exact) mass is 223 g/mol. The van der Waals surface area contributed by atoms with Crippen molar-refractivity contribution in [3.8, 4) is 0 Å². The smallest absolute Gasteiger partial charge is 0.312 e. The van der Waals surface area contributed by atoms with E-state index in [1.165, 1.54) is 0 Å². The van der Waals surface area contributed by atoms with Crippen LogP contribution in [0.1, 0.15) is 38.5 Å². The lowest BCUT2D eigenvalue weighted by Gasteiger charge is -2.28. The lowest BCUT2D eigenvalue weighted by Crippen LogP contribution is -2.47. The first kappa shape index (κ1) is 11.4. The van der Waals surface area contributed by atoms with Crippen molar-refractivity contribution in [1.29, 1.82) is 0 Å². The van der Waals surface area contributed by atoms with Crippen LogP contribution in [-0.2, 0) is 9.59 Å². The molecule has 1 unspecified atom stereocenters. The molecule has 1 radical (unpaired) electrons. The predicted molar refractivity (Wildman–Crippen MR) is 60.5 cm³/mol. The van der Waals surface area contributed by atoms with Crippen molar-refractivity contribution < 1.29 is 9.59 Å². The highest BCUT2D eigenvalue weighted by molar-refractivity contribution is 5.84. The van der Waals surface area contributed by atoms with Gasteiger partial charge in [0.1, 0.15) is 6.04 Å². The molecule has 2 rings (SSSR count). The summed E-state index contributed by atoms with van der Waals surface area (Å²) in [6, 6.07) is -0.238. The molecule has 2 heterocycles. The number of nitrogens with zero attached hydrogens (tertiary/aromatic N) is 2. The van der Waals surface area contributed by atoms with Gasteiger partial charge in [-0.3, -0.25) is 9.59 Å². The van der Waals surface area contributed by atoms with Crippen LogP contribution in [0.25, 0.3) is 0 Å². The highest BCUT2D eigenvalue weighted by atomic mass is 16.2. The van der Waals surface area contributed by atoms with Crippen LogP contribution >= 0.6 is 0 Å². The Hall–Kier alpha value is -1.06. The fourth-order valence-electron chi connectivity index (χ4n) is 2.62. The highest BCUT2D eigenvalue weighted by Crippen LogP contribution is 2.19. The van der Waals surface area contributed by atoms with Crippen LogP contribution in [0.5, 0.6) is 0 Å². The second kappa shape index (κ2) is 5.32. The van der Waals surface area contributed by atoms with Crippen LogP contribution in [-0.4, -0.2) is 47.8 Å². The molecule has 0 aromatic heterocycles. The third-order valence-corrected chi connectivity index (χ3v) is 3.57. The Morgan fingerprint density at radius 2 is 1.69 bits per heavy atom. The third-order valence-electron chi connectivity index (χ3n) is 3.57. The van der Waals surface area contributed by atoms with Crippen molar-refractivity contribution in [1.82, 2.24) is 9.80 Å². The van der Waals surface area contributed by atoms with Gasteiger partial charge in [0.25, 0.3) is 0 Å². The Kier molecular flexibility index (Phi) is 3.80. The Bertz CT molecular complexity index is 262. The molecule has 1 atom stereocenters. The summed E-state index contributed by atoms with van der Waals surface area (Å²) in [5.41, 5.74) is 0. The van der Waals surface area contributed by atoms with Gasteiger partial charge in [0, 0.05) is 19.6 Å². The zero-order chi connectivity index (χ0) is 11.4. The van der Waals surface area contributed by atoms with E-state index >= 15 is 0 Å². The summed E-state index contributed by atoms with van der Waals surface area (Å²) in [4.78, 5) is 26.6. The van der Waals surface area contributed by atoms with Crippen molar-refractivity contribution in [2.24, 2.45) is 0 Å². The lowest BCUT2D eigenvalue weighted by atomic mass is 10.1. The number of likely N-dealkylation sites (tertiary alicyclic amines) is 2. The predicted octanol–water partition coefficient (Wildman–Crippen LogP) is 0.921. The molecule has 0 bridgehead atoms. The molecule has 0 aromatic rings. The Balaban J connectivity index is 2.02.